The summed E-state index contributed by atoms with van der Waals surface area (Å²) < 4.78 is 77.9. The molecular weight excluding hydrogens is 452 g/mol. The first-order chi connectivity index (χ1) is 15.0. The summed E-state index contributed by atoms with van der Waals surface area (Å²) in [5.41, 5.74) is -2.16. The molecule has 2 N–H and O–H groups in total. The molecule has 0 aliphatic heterocycles. The molecule has 0 spiro atoms. The van der Waals surface area contributed by atoms with Gasteiger partial charge in [-0.25, -0.2) is 4.79 Å². The van der Waals surface area contributed by atoms with E-state index in [4.69, 9.17) is 0 Å². The van der Waals surface area contributed by atoms with Gasteiger partial charge in [0.05, 0.1) is 17.5 Å². The Labute approximate surface area is 186 Å². The summed E-state index contributed by atoms with van der Waals surface area (Å²) in [5, 5.41) is 11.6. The van der Waals surface area contributed by atoms with E-state index in [2.05, 4.69) is 5.32 Å². The van der Waals surface area contributed by atoms with E-state index in [1.165, 1.54) is 0 Å². The summed E-state index contributed by atoms with van der Waals surface area (Å²) in [5.74, 6) is -2.40. The fraction of sp³-hybridized carbons (Fsp3) is 0.391. The summed E-state index contributed by atoms with van der Waals surface area (Å²) in [4.78, 5) is 23.9. The van der Waals surface area contributed by atoms with Crippen LogP contribution in [0.2, 0.25) is 0 Å². The lowest BCUT2D eigenvalue weighted by atomic mass is 9.86. The monoisotopic (exact) mass is 475 g/mol. The third-order valence-corrected chi connectivity index (χ3v) is 4.91. The molecule has 2 aromatic carbocycles. The second kappa shape index (κ2) is 9.44. The fourth-order valence-corrected chi connectivity index (χ4v) is 3.13. The second-order valence-electron chi connectivity index (χ2n) is 8.70. The van der Waals surface area contributed by atoms with Crippen molar-refractivity contribution in [2.45, 2.75) is 57.4 Å². The van der Waals surface area contributed by atoms with Crippen LogP contribution in [0.15, 0.2) is 42.5 Å². The number of carboxylic acid groups (broad SMARTS) is 1. The molecule has 0 radical (unpaired) electrons. The van der Waals surface area contributed by atoms with Crippen LogP contribution >= 0.6 is 0 Å². The minimum Gasteiger partial charge on any atom is -0.480 e. The molecule has 1 atom stereocenters. The van der Waals surface area contributed by atoms with E-state index < -0.39 is 53.4 Å². The van der Waals surface area contributed by atoms with Gasteiger partial charge in [0.1, 0.15) is 6.04 Å². The molecule has 180 valence electrons. The SMILES string of the molecule is CC(C)(C)c1ccc(C[C@@H](NC(=O)Cc2cc(C(F)(F)F)cc(C(F)(F)F)c2)C(=O)O)cc1. The van der Waals surface area contributed by atoms with Crippen molar-refractivity contribution >= 4 is 11.9 Å². The molecule has 0 unspecified atom stereocenters. The van der Waals surface area contributed by atoms with E-state index in [1.54, 1.807) is 12.1 Å². The summed E-state index contributed by atoms with van der Waals surface area (Å²) >= 11 is 0. The molecule has 33 heavy (non-hydrogen) atoms. The number of alkyl halides is 6. The van der Waals surface area contributed by atoms with Gasteiger partial charge in [-0.2, -0.15) is 26.3 Å². The van der Waals surface area contributed by atoms with Crippen LogP contribution in [0, 0.1) is 0 Å². The molecule has 10 heteroatoms. The van der Waals surface area contributed by atoms with Crippen LogP contribution in [0.3, 0.4) is 0 Å². The number of carboxylic acids is 1. The number of benzene rings is 2. The highest BCUT2D eigenvalue weighted by atomic mass is 19.4. The first-order valence-corrected chi connectivity index (χ1v) is 9.87. The Kier molecular flexibility index (Phi) is 7.50. The van der Waals surface area contributed by atoms with Crippen molar-refractivity contribution in [2.24, 2.45) is 0 Å². The maximum absolute atomic E-state index is 13.0. The van der Waals surface area contributed by atoms with Gasteiger partial charge in [0.15, 0.2) is 0 Å². The predicted molar refractivity (Wildman–Crippen MR) is 109 cm³/mol. The largest absolute Gasteiger partial charge is 0.480 e. The number of rotatable bonds is 6. The number of hydrogen-bond acceptors (Lipinski definition) is 2. The Hall–Kier alpha value is -3.04. The molecule has 0 saturated carbocycles. The average molecular weight is 475 g/mol. The molecule has 0 saturated heterocycles. The standard InChI is InChI=1S/C23H23F6NO3/c1-21(2,3)15-6-4-13(5-7-15)10-18(20(32)33)30-19(31)11-14-8-16(22(24,25)26)12-17(9-14)23(27,28)29/h4-9,12,18H,10-11H2,1-3H3,(H,30,31)(H,32,33)/t18-/m1/s1. The highest BCUT2D eigenvalue weighted by Crippen LogP contribution is 2.36. The van der Waals surface area contributed by atoms with Gasteiger partial charge in [-0.15, -0.1) is 0 Å². The molecule has 2 rings (SSSR count). The molecule has 0 bridgehead atoms. The van der Waals surface area contributed by atoms with Crippen LogP contribution in [0.4, 0.5) is 26.3 Å². The van der Waals surface area contributed by atoms with Crippen LogP contribution < -0.4 is 5.32 Å². The van der Waals surface area contributed by atoms with Gasteiger partial charge in [0.2, 0.25) is 5.91 Å². The Bertz CT molecular complexity index is 973. The lowest BCUT2D eigenvalue weighted by Crippen LogP contribution is -2.43. The average Bonchev–Trinajstić information content (AvgIpc) is 2.65. The van der Waals surface area contributed by atoms with Gasteiger partial charge in [-0.3, -0.25) is 4.79 Å². The Balaban J connectivity index is 2.19. The molecule has 0 aromatic heterocycles. The zero-order valence-electron chi connectivity index (χ0n) is 18.1. The van der Waals surface area contributed by atoms with Crippen LogP contribution in [0.25, 0.3) is 0 Å². The number of nitrogens with one attached hydrogen (secondary N) is 1. The molecule has 2 aromatic rings. The van der Waals surface area contributed by atoms with E-state index >= 15 is 0 Å². The smallest absolute Gasteiger partial charge is 0.416 e. The normalized spacial score (nSPS) is 13.5. The van der Waals surface area contributed by atoms with E-state index in [0.717, 1.165) is 5.56 Å². The van der Waals surface area contributed by atoms with Crippen molar-refractivity contribution in [2.75, 3.05) is 0 Å². The number of hydrogen-bond donors (Lipinski definition) is 2. The topological polar surface area (TPSA) is 66.4 Å². The highest BCUT2D eigenvalue weighted by molar-refractivity contribution is 5.85. The Morgan fingerprint density at radius 1 is 0.818 bits per heavy atom. The quantitative estimate of drug-likeness (QED) is 0.552. The summed E-state index contributed by atoms with van der Waals surface area (Å²) in [7, 11) is 0. The van der Waals surface area contributed by atoms with Crippen molar-refractivity contribution in [1.82, 2.24) is 5.32 Å². The van der Waals surface area contributed by atoms with Gasteiger partial charge in [-0.1, -0.05) is 45.0 Å². The van der Waals surface area contributed by atoms with Crippen LogP contribution in [-0.4, -0.2) is 23.0 Å². The zero-order chi connectivity index (χ0) is 25.2. The van der Waals surface area contributed by atoms with Crippen LogP contribution in [0.5, 0.6) is 0 Å². The molecule has 1 amide bonds. The van der Waals surface area contributed by atoms with Crippen molar-refractivity contribution in [3.05, 3.63) is 70.3 Å². The minimum atomic E-state index is -5.05. The van der Waals surface area contributed by atoms with Gasteiger partial charge in [0.25, 0.3) is 0 Å². The third kappa shape index (κ3) is 7.50. The molecular formula is C23H23F6NO3. The van der Waals surface area contributed by atoms with E-state index in [1.807, 2.05) is 32.9 Å². The molecule has 0 fully saturated rings. The van der Waals surface area contributed by atoms with Crippen LogP contribution in [0.1, 0.15) is 48.6 Å². The zero-order valence-corrected chi connectivity index (χ0v) is 18.1. The van der Waals surface area contributed by atoms with Gasteiger partial charge in [-0.05, 0) is 40.3 Å². The number of amides is 1. The lowest BCUT2D eigenvalue weighted by molar-refractivity contribution is -0.143. The number of carbonyl (C=O) groups excluding carboxylic acids is 1. The summed E-state index contributed by atoms with van der Waals surface area (Å²) in [6.45, 7) is 6.00. The lowest BCUT2D eigenvalue weighted by Gasteiger charge is -2.20. The number of carbonyl (C=O) groups is 2. The van der Waals surface area contributed by atoms with E-state index in [0.29, 0.717) is 17.7 Å². The fourth-order valence-electron chi connectivity index (χ4n) is 3.13. The molecule has 0 aliphatic rings. The molecule has 0 heterocycles. The van der Waals surface area contributed by atoms with Gasteiger partial charge < -0.3 is 10.4 Å². The van der Waals surface area contributed by atoms with Crippen molar-refractivity contribution in [3.8, 4) is 0 Å². The second-order valence-corrected chi connectivity index (χ2v) is 8.70. The van der Waals surface area contributed by atoms with Gasteiger partial charge in [0, 0.05) is 6.42 Å². The minimum absolute atomic E-state index is 0.0390. The van der Waals surface area contributed by atoms with Crippen molar-refractivity contribution < 1.29 is 41.0 Å². The highest BCUT2D eigenvalue weighted by Gasteiger charge is 2.37. The number of halogens is 6. The third-order valence-electron chi connectivity index (χ3n) is 4.91. The van der Waals surface area contributed by atoms with E-state index in [-0.39, 0.29) is 17.9 Å². The van der Waals surface area contributed by atoms with Crippen molar-refractivity contribution in [3.63, 3.8) is 0 Å². The van der Waals surface area contributed by atoms with E-state index in [9.17, 15) is 41.0 Å². The number of aliphatic carboxylic acids is 1. The predicted octanol–water partition coefficient (Wildman–Crippen LogP) is 5.38. The maximum atomic E-state index is 13.0. The van der Waals surface area contributed by atoms with Gasteiger partial charge >= 0.3 is 18.3 Å². The Morgan fingerprint density at radius 2 is 1.30 bits per heavy atom. The first-order valence-electron chi connectivity index (χ1n) is 9.87. The van der Waals surface area contributed by atoms with Crippen LogP contribution in [-0.2, 0) is 40.2 Å². The molecule has 4 nitrogen and oxygen atoms in total. The Morgan fingerprint density at radius 3 is 1.70 bits per heavy atom. The molecule has 0 aliphatic carbocycles. The maximum Gasteiger partial charge on any atom is 0.416 e. The van der Waals surface area contributed by atoms with Crippen molar-refractivity contribution in [1.29, 1.82) is 0 Å². The summed E-state index contributed by atoms with van der Waals surface area (Å²) in [6, 6.07) is 6.46. The first kappa shape index (κ1) is 26.2. The summed E-state index contributed by atoms with van der Waals surface area (Å²) in [6.07, 6.45) is -11.0.